The van der Waals surface area contributed by atoms with E-state index in [1.54, 1.807) is 17.0 Å². The van der Waals surface area contributed by atoms with Crippen LogP contribution >= 0.6 is 0 Å². The maximum absolute atomic E-state index is 14.1. The van der Waals surface area contributed by atoms with Gasteiger partial charge in [-0.2, -0.15) is 0 Å². The molecule has 0 aromatic heterocycles. The van der Waals surface area contributed by atoms with Gasteiger partial charge in [0.15, 0.2) is 21.4 Å². The second-order valence-corrected chi connectivity index (χ2v) is 11.6. The summed E-state index contributed by atoms with van der Waals surface area (Å²) < 4.78 is 45.3. The van der Waals surface area contributed by atoms with E-state index in [9.17, 15) is 22.4 Å². The molecule has 2 aliphatic carbocycles. The van der Waals surface area contributed by atoms with E-state index in [4.69, 9.17) is 4.74 Å². The van der Waals surface area contributed by atoms with Crippen molar-refractivity contribution in [2.75, 3.05) is 31.2 Å². The molecule has 3 fully saturated rings. The Kier molecular flexibility index (Phi) is 6.74. The van der Waals surface area contributed by atoms with Crippen LogP contribution in [-0.4, -0.2) is 56.5 Å². The summed E-state index contributed by atoms with van der Waals surface area (Å²) in [6, 6.07) is 4.39. The van der Waals surface area contributed by atoms with Crippen LogP contribution in [0.25, 0.3) is 0 Å². The van der Waals surface area contributed by atoms with E-state index in [1.807, 2.05) is 0 Å². The van der Waals surface area contributed by atoms with Gasteiger partial charge in [-0.15, -0.1) is 0 Å². The number of unbranched alkanes of at least 4 members (excludes halogenated alkanes) is 2. The lowest BCUT2D eigenvalue weighted by atomic mass is 9.98. The summed E-state index contributed by atoms with van der Waals surface area (Å²) in [5.74, 6) is 0.256. The molecule has 4 rings (SSSR count). The summed E-state index contributed by atoms with van der Waals surface area (Å²) in [6.45, 7) is 1.44. The molecule has 32 heavy (non-hydrogen) atoms. The van der Waals surface area contributed by atoms with Gasteiger partial charge in [0.1, 0.15) is 0 Å². The van der Waals surface area contributed by atoms with Crippen molar-refractivity contribution in [3.8, 4) is 5.75 Å². The largest absolute Gasteiger partial charge is 0.490 e. The highest BCUT2D eigenvalue weighted by Crippen LogP contribution is 2.50. The van der Waals surface area contributed by atoms with Gasteiger partial charge in [-0.1, -0.05) is 12.5 Å². The van der Waals surface area contributed by atoms with Crippen molar-refractivity contribution < 1.29 is 27.1 Å². The van der Waals surface area contributed by atoms with Crippen LogP contribution in [0.15, 0.2) is 18.2 Å². The molecule has 176 valence electrons. The van der Waals surface area contributed by atoms with Gasteiger partial charge in [0.25, 0.3) is 0 Å². The average Bonchev–Trinajstić information content (AvgIpc) is 3.65. The van der Waals surface area contributed by atoms with Crippen LogP contribution in [0.2, 0.25) is 0 Å². The first-order chi connectivity index (χ1) is 15.3. The summed E-state index contributed by atoms with van der Waals surface area (Å²) in [7, 11) is -3.26. The third-order valence-corrected chi connectivity index (χ3v) is 8.49. The Hall–Kier alpha value is -2.16. The number of nitrogens with zero attached hydrogens (tertiary/aromatic N) is 1. The number of hydrogen-bond acceptors (Lipinski definition) is 5. The highest BCUT2D eigenvalue weighted by atomic mass is 32.2. The average molecular weight is 467 g/mol. The molecule has 2 saturated carbocycles. The normalized spacial score (nSPS) is 20.2. The number of urea groups is 1. The number of ether oxygens (including phenoxy) is 1. The standard InChI is InChI=1S/C23H31FN2O5S/c24-19-7-6-18(14-20(19)31-15-17-4-5-17)23(9-10-23)16-32(29,30)13-3-1-2-11-26-12-8-21(27)25-22(26)28/h6-7,14,17H,1-5,8-13,15-16H2,(H,25,27,28). The first-order valence-electron chi connectivity index (χ1n) is 11.5. The second kappa shape index (κ2) is 9.37. The fourth-order valence-corrected chi connectivity index (χ4v) is 6.30. The minimum Gasteiger partial charge on any atom is -0.490 e. The molecule has 3 amide bonds. The molecular weight excluding hydrogens is 435 g/mol. The van der Waals surface area contributed by atoms with E-state index in [0.29, 0.717) is 51.3 Å². The third kappa shape index (κ3) is 5.99. The van der Waals surface area contributed by atoms with E-state index >= 15 is 0 Å². The predicted octanol–water partition coefficient (Wildman–Crippen LogP) is 3.17. The van der Waals surface area contributed by atoms with Crippen molar-refractivity contribution in [1.29, 1.82) is 0 Å². The van der Waals surface area contributed by atoms with Crippen LogP contribution < -0.4 is 10.1 Å². The maximum atomic E-state index is 14.1. The Labute approximate surface area is 188 Å². The molecule has 1 aromatic carbocycles. The number of sulfone groups is 1. The molecule has 0 unspecified atom stereocenters. The number of rotatable bonds is 12. The summed E-state index contributed by atoms with van der Waals surface area (Å²) in [5.41, 5.74) is 0.418. The molecule has 1 aromatic rings. The van der Waals surface area contributed by atoms with E-state index < -0.39 is 21.1 Å². The van der Waals surface area contributed by atoms with E-state index in [-0.39, 0.29) is 29.2 Å². The van der Waals surface area contributed by atoms with Gasteiger partial charge >= 0.3 is 6.03 Å². The van der Waals surface area contributed by atoms with Gasteiger partial charge in [-0.05, 0) is 62.1 Å². The van der Waals surface area contributed by atoms with E-state index in [2.05, 4.69) is 5.32 Å². The van der Waals surface area contributed by atoms with Gasteiger partial charge in [-0.3, -0.25) is 10.1 Å². The van der Waals surface area contributed by atoms with Crippen molar-refractivity contribution in [1.82, 2.24) is 10.2 Å². The van der Waals surface area contributed by atoms with Gasteiger partial charge < -0.3 is 9.64 Å². The molecular formula is C23H31FN2O5S. The molecule has 3 aliphatic rings. The first kappa shape index (κ1) is 23.0. The lowest BCUT2D eigenvalue weighted by Crippen LogP contribution is -2.49. The van der Waals surface area contributed by atoms with Crippen LogP contribution in [0.5, 0.6) is 5.75 Å². The van der Waals surface area contributed by atoms with Crippen LogP contribution in [0.1, 0.15) is 56.9 Å². The number of hydrogen-bond donors (Lipinski definition) is 1. The van der Waals surface area contributed by atoms with Crippen LogP contribution in [0, 0.1) is 11.7 Å². The SMILES string of the molecule is O=C1CCN(CCCCCS(=O)(=O)CC2(c3ccc(F)c(OCC4CC4)c3)CC2)C(=O)N1. The number of benzene rings is 1. The molecule has 0 bridgehead atoms. The Balaban J connectivity index is 1.24. The van der Waals surface area contributed by atoms with Crippen LogP contribution in [-0.2, 0) is 20.0 Å². The Morgan fingerprint density at radius 2 is 1.94 bits per heavy atom. The summed E-state index contributed by atoms with van der Waals surface area (Å²) >= 11 is 0. The van der Waals surface area contributed by atoms with Crippen molar-refractivity contribution >= 4 is 21.8 Å². The molecule has 1 heterocycles. The predicted molar refractivity (Wildman–Crippen MR) is 118 cm³/mol. The topological polar surface area (TPSA) is 92.8 Å². The van der Waals surface area contributed by atoms with Gasteiger partial charge in [0.2, 0.25) is 5.91 Å². The fraction of sp³-hybridized carbons (Fsp3) is 0.652. The molecule has 1 aliphatic heterocycles. The smallest absolute Gasteiger partial charge is 0.324 e. The van der Waals surface area contributed by atoms with Crippen molar-refractivity contribution in [3.05, 3.63) is 29.6 Å². The van der Waals surface area contributed by atoms with E-state index in [1.165, 1.54) is 6.07 Å². The van der Waals surface area contributed by atoms with Crippen LogP contribution in [0.4, 0.5) is 9.18 Å². The van der Waals surface area contributed by atoms with Gasteiger partial charge in [0, 0.05) is 24.9 Å². The van der Waals surface area contributed by atoms with Crippen LogP contribution in [0.3, 0.4) is 0 Å². The highest BCUT2D eigenvalue weighted by Gasteiger charge is 2.47. The van der Waals surface area contributed by atoms with Gasteiger partial charge in [0.05, 0.1) is 18.1 Å². The molecule has 1 N–H and O–H groups in total. The highest BCUT2D eigenvalue weighted by molar-refractivity contribution is 7.91. The summed E-state index contributed by atoms with van der Waals surface area (Å²) in [6.07, 6.45) is 6.03. The second-order valence-electron chi connectivity index (χ2n) is 9.42. The van der Waals surface area contributed by atoms with Crippen molar-refractivity contribution in [2.45, 2.75) is 56.8 Å². The van der Waals surface area contributed by atoms with Gasteiger partial charge in [-0.25, -0.2) is 17.6 Å². The minimum atomic E-state index is -3.26. The number of carbonyl (C=O) groups is 2. The lowest BCUT2D eigenvalue weighted by Gasteiger charge is -2.26. The molecule has 7 nitrogen and oxygen atoms in total. The molecule has 0 radical (unpaired) electrons. The Morgan fingerprint density at radius 1 is 1.16 bits per heavy atom. The molecule has 1 saturated heterocycles. The zero-order chi connectivity index (χ0) is 22.8. The summed E-state index contributed by atoms with van der Waals surface area (Å²) in [4.78, 5) is 24.5. The van der Waals surface area contributed by atoms with E-state index in [0.717, 1.165) is 31.2 Å². The fourth-order valence-electron chi connectivity index (χ4n) is 4.21. The number of carbonyl (C=O) groups excluding carboxylic acids is 2. The maximum Gasteiger partial charge on any atom is 0.324 e. The number of halogens is 1. The Morgan fingerprint density at radius 3 is 2.62 bits per heavy atom. The lowest BCUT2D eigenvalue weighted by molar-refractivity contribution is -0.121. The Bertz CT molecular complexity index is 973. The number of imide groups is 1. The molecule has 9 heteroatoms. The quantitative estimate of drug-likeness (QED) is 0.478. The minimum absolute atomic E-state index is 0.0737. The monoisotopic (exact) mass is 466 g/mol. The summed E-state index contributed by atoms with van der Waals surface area (Å²) in [5, 5.41) is 2.29. The zero-order valence-electron chi connectivity index (χ0n) is 18.3. The van der Waals surface area contributed by atoms with Crippen molar-refractivity contribution in [3.63, 3.8) is 0 Å². The molecule has 0 spiro atoms. The number of nitrogens with one attached hydrogen (secondary N) is 1. The molecule has 0 atom stereocenters. The third-order valence-electron chi connectivity index (χ3n) is 6.59. The number of amides is 3. The zero-order valence-corrected chi connectivity index (χ0v) is 19.1. The van der Waals surface area contributed by atoms with Crippen molar-refractivity contribution in [2.24, 2.45) is 5.92 Å². The first-order valence-corrected chi connectivity index (χ1v) is 13.3.